The van der Waals surface area contributed by atoms with Crippen molar-refractivity contribution in [1.82, 2.24) is 23.7 Å². The summed E-state index contributed by atoms with van der Waals surface area (Å²) >= 11 is 1.41. The van der Waals surface area contributed by atoms with Gasteiger partial charge in [-0.25, -0.2) is 14.5 Å². The highest BCUT2D eigenvalue weighted by Gasteiger charge is 2.32. The van der Waals surface area contributed by atoms with Crippen LogP contribution in [0.4, 0.5) is 4.79 Å². The normalized spacial score (nSPS) is 13.7. The average molecular weight is 495 g/mol. The van der Waals surface area contributed by atoms with Crippen molar-refractivity contribution in [3.05, 3.63) is 27.2 Å². The summed E-state index contributed by atoms with van der Waals surface area (Å²) in [5.41, 5.74) is -0.965. The number of fused-ring (bicyclic) bond motifs is 1. The van der Waals surface area contributed by atoms with E-state index in [-0.39, 0.29) is 41.1 Å². The maximum atomic E-state index is 12.0. The third-order valence-electron chi connectivity index (χ3n) is 5.06. The van der Waals surface area contributed by atoms with Gasteiger partial charge in [-0.2, -0.15) is 5.01 Å². The number of imidazole rings is 1. The van der Waals surface area contributed by atoms with E-state index in [1.165, 1.54) is 36.8 Å². The number of hydrogen-bond donors (Lipinski definition) is 0. The zero-order valence-corrected chi connectivity index (χ0v) is 21.7. The Morgan fingerprint density at radius 3 is 2.00 bits per heavy atom. The quantitative estimate of drug-likeness (QED) is 0.561. The smallest absolute Gasteiger partial charge is 0.332 e. The third-order valence-corrected chi connectivity index (χ3v) is 5.86. The minimum atomic E-state index is -0.569. The molecule has 2 aromatic heterocycles. The highest BCUT2D eigenvalue weighted by atomic mass is 32.2. The van der Waals surface area contributed by atoms with E-state index in [0.717, 1.165) is 33.1 Å². The Kier molecular flexibility index (Phi) is 9.25. The summed E-state index contributed by atoms with van der Waals surface area (Å²) in [7, 11) is 2.79. The number of carbonyl (C=O) groups excluding carboxylic acids is 3. The Morgan fingerprint density at radius 2 is 1.53 bits per heavy atom. The Balaban J connectivity index is 0.000000259. The first-order valence-electron chi connectivity index (χ1n) is 11.3. The molecule has 12 heteroatoms. The molecule has 3 amide bonds. The SMILES string of the molecule is CCSC(=O)N(CC(C)C)CC(C)C.Cn1c(=O)c2ncn(N3C(=O)CCC3=O)c2n(C)c1=O. The van der Waals surface area contributed by atoms with Gasteiger partial charge in [0.25, 0.3) is 10.8 Å². The third kappa shape index (κ3) is 5.96. The van der Waals surface area contributed by atoms with E-state index < -0.39 is 11.2 Å². The van der Waals surface area contributed by atoms with Crippen LogP contribution in [0, 0.1) is 11.8 Å². The molecule has 0 bridgehead atoms. The molecule has 0 radical (unpaired) electrons. The molecule has 1 saturated heterocycles. The van der Waals surface area contributed by atoms with Gasteiger partial charge < -0.3 is 4.90 Å². The monoisotopic (exact) mass is 494 g/mol. The van der Waals surface area contributed by atoms with Gasteiger partial charge in [0.2, 0.25) is 11.8 Å². The summed E-state index contributed by atoms with van der Waals surface area (Å²) in [6.45, 7) is 12.4. The highest BCUT2D eigenvalue weighted by Crippen LogP contribution is 2.15. The summed E-state index contributed by atoms with van der Waals surface area (Å²) in [5, 5.41) is 1.14. The second kappa shape index (κ2) is 11.5. The first-order chi connectivity index (χ1) is 15.9. The van der Waals surface area contributed by atoms with Gasteiger partial charge in [-0.15, -0.1) is 0 Å². The number of thioether (sulfide) groups is 1. The zero-order chi connectivity index (χ0) is 25.7. The number of hydrogen-bond acceptors (Lipinski definition) is 7. The average Bonchev–Trinajstić information content (AvgIpc) is 3.33. The van der Waals surface area contributed by atoms with E-state index >= 15 is 0 Å². The van der Waals surface area contributed by atoms with Crippen molar-refractivity contribution in [2.75, 3.05) is 23.9 Å². The molecule has 0 spiro atoms. The zero-order valence-electron chi connectivity index (χ0n) is 20.9. The summed E-state index contributed by atoms with van der Waals surface area (Å²) in [4.78, 5) is 65.0. The van der Waals surface area contributed by atoms with Crippen LogP contribution in [-0.4, -0.2) is 59.6 Å². The minimum Gasteiger partial charge on any atom is -0.333 e. The van der Waals surface area contributed by atoms with Gasteiger partial charge >= 0.3 is 5.69 Å². The first kappa shape index (κ1) is 27.4. The summed E-state index contributed by atoms with van der Waals surface area (Å²) in [5.74, 6) is 1.20. The number of rotatable bonds is 6. The van der Waals surface area contributed by atoms with E-state index in [2.05, 4.69) is 32.7 Å². The van der Waals surface area contributed by atoms with Crippen LogP contribution in [0.3, 0.4) is 0 Å². The number of imide groups is 1. The number of amides is 3. The molecule has 1 fully saturated rings. The van der Waals surface area contributed by atoms with Crippen LogP contribution >= 0.6 is 11.8 Å². The Labute approximate surface area is 202 Å². The lowest BCUT2D eigenvalue weighted by Gasteiger charge is -2.25. The number of nitrogens with zero attached hydrogens (tertiary/aromatic N) is 6. The van der Waals surface area contributed by atoms with Crippen LogP contribution < -0.4 is 16.3 Å². The molecular weight excluding hydrogens is 460 g/mol. The molecule has 1 aliphatic heterocycles. The van der Waals surface area contributed by atoms with E-state index in [1.807, 2.05) is 11.8 Å². The Bertz CT molecular complexity index is 1150. The maximum Gasteiger partial charge on any atom is 0.332 e. The van der Waals surface area contributed by atoms with Crippen molar-refractivity contribution in [2.24, 2.45) is 25.9 Å². The standard InChI is InChI=1S/C11H11N5O4.C11H23NOS/c1-13-9-8(10(19)14(2)11(13)20)12-5-15(9)16-6(17)3-4-7(16)18;1-6-14-11(13)12(7-9(2)3)8-10(4)5/h5H,3-4H2,1-2H3;9-10H,6-8H2,1-5H3. The van der Waals surface area contributed by atoms with Crippen LogP contribution in [0.2, 0.25) is 0 Å². The maximum absolute atomic E-state index is 12.0. The number of aryl methyl sites for hydroxylation is 1. The summed E-state index contributed by atoms with van der Waals surface area (Å²) < 4.78 is 3.27. The fourth-order valence-electron chi connectivity index (χ4n) is 3.63. The van der Waals surface area contributed by atoms with Crippen LogP contribution in [0.25, 0.3) is 11.2 Å². The number of aromatic nitrogens is 4. The minimum absolute atomic E-state index is 0.0297. The fourth-order valence-corrected chi connectivity index (χ4v) is 4.21. The van der Waals surface area contributed by atoms with E-state index in [1.54, 1.807) is 0 Å². The topological polar surface area (TPSA) is 120 Å². The van der Waals surface area contributed by atoms with E-state index in [4.69, 9.17) is 0 Å². The van der Waals surface area contributed by atoms with Crippen LogP contribution in [-0.2, 0) is 23.7 Å². The van der Waals surface area contributed by atoms with Gasteiger partial charge in [0.1, 0.15) is 6.33 Å². The molecule has 0 aromatic carbocycles. The predicted octanol–water partition coefficient (Wildman–Crippen LogP) is 1.69. The molecular formula is C22H34N6O5S. The van der Waals surface area contributed by atoms with Crippen molar-refractivity contribution in [1.29, 1.82) is 0 Å². The molecule has 0 saturated carbocycles. The van der Waals surface area contributed by atoms with Crippen LogP contribution in [0.15, 0.2) is 15.9 Å². The lowest BCUT2D eigenvalue weighted by atomic mass is 10.1. The molecule has 11 nitrogen and oxygen atoms in total. The summed E-state index contributed by atoms with van der Waals surface area (Å²) in [6.07, 6.45) is 1.42. The van der Waals surface area contributed by atoms with Crippen molar-refractivity contribution < 1.29 is 14.4 Å². The molecule has 3 rings (SSSR count). The highest BCUT2D eigenvalue weighted by molar-refractivity contribution is 8.13. The van der Waals surface area contributed by atoms with Gasteiger partial charge in [-0.1, -0.05) is 46.4 Å². The molecule has 2 aromatic rings. The van der Waals surface area contributed by atoms with Gasteiger partial charge in [0.15, 0.2) is 11.2 Å². The fraction of sp³-hybridized carbons (Fsp3) is 0.636. The Hall–Kier alpha value is -2.89. The lowest BCUT2D eigenvalue weighted by molar-refractivity contribution is -0.123. The van der Waals surface area contributed by atoms with Gasteiger partial charge in [0, 0.05) is 40.0 Å². The van der Waals surface area contributed by atoms with E-state index in [0.29, 0.717) is 11.8 Å². The van der Waals surface area contributed by atoms with Crippen molar-refractivity contribution in [3.8, 4) is 0 Å². The van der Waals surface area contributed by atoms with E-state index in [9.17, 15) is 24.0 Å². The molecule has 0 atom stereocenters. The van der Waals surface area contributed by atoms with Crippen LogP contribution in [0.1, 0.15) is 47.5 Å². The van der Waals surface area contributed by atoms with Crippen molar-refractivity contribution >= 4 is 40.0 Å². The second-order valence-corrected chi connectivity index (χ2v) is 10.2. The van der Waals surface area contributed by atoms with Crippen LogP contribution in [0.5, 0.6) is 0 Å². The lowest BCUT2D eigenvalue weighted by Crippen LogP contribution is -2.42. The molecule has 3 heterocycles. The first-order valence-corrected chi connectivity index (χ1v) is 12.3. The molecule has 34 heavy (non-hydrogen) atoms. The predicted molar refractivity (Wildman–Crippen MR) is 132 cm³/mol. The largest absolute Gasteiger partial charge is 0.333 e. The molecule has 0 N–H and O–H groups in total. The molecule has 0 aliphatic carbocycles. The van der Waals surface area contributed by atoms with Crippen molar-refractivity contribution in [2.45, 2.75) is 47.5 Å². The van der Waals surface area contributed by atoms with Gasteiger partial charge in [0.05, 0.1) is 0 Å². The second-order valence-electron chi connectivity index (χ2n) is 8.96. The Morgan fingerprint density at radius 1 is 1.00 bits per heavy atom. The molecule has 188 valence electrons. The molecule has 0 unspecified atom stereocenters. The molecule has 1 aliphatic rings. The van der Waals surface area contributed by atoms with Gasteiger partial charge in [-0.3, -0.25) is 28.3 Å². The number of carbonyl (C=O) groups is 3. The summed E-state index contributed by atoms with van der Waals surface area (Å²) in [6, 6.07) is 0. The van der Waals surface area contributed by atoms with Gasteiger partial charge in [-0.05, 0) is 17.6 Å². The van der Waals surface area contributed by atoms with Crippen molar-refractivity contribution in [3.63, 3.8) is 0 Å².